The molecule has 0 saturated heterocycles. The fourth-order valence-electron chi connectivity index (χ4n) is 2.54. The second kappa shape index (κ2) is 7.16. The molecule has 6 nitrogen and oxygen atoms in total. The number of nitrogens with one attached hydrogen (secondary N) is 1. The SMILES string of the molecule is Cc1cc(Sc2ccccc2NC(=O)c2ccc(F)cc2)n2ncnc2n1. The fourth-order valence-corrected chi connectivity index (χ4v) is 3.58. The Morgan fingerprint density at radius 1 is 1.15 bits per heavy atom. The normalized spacial score (nSPS) is 10.9. The second-order valence-corrected chi connectivity index (χ2v) is 6.83. The molecule has 0 aliphatic heterocycles. The lowest BCUT2D eigenvalue weighted by Gasteiger charge is -2.11. The summed E-state index contributed by atoms with van der Waals surface area (Å²) in [5, 5.41) is 7.91. The standard InChI is InChI=1S/C19H14FN5OS/c1-12-10-17(25-19(23-12)21-11-22-25)27-16-5-3-2-4-15(16)24-18(26)13-6-8-14(20)9-7-13/h2-11H,1H3,(H,24,26). The molecule has 4 aromatic rings. The predicted octanol–water partition coefficient (Wildman–Crippen LogP) is 3.98. The van der Waals surface area contributed by atoms with Crippen molar-refractivity contribution in [3.05, 3.63) is 78.0 Å². The van der Waals surface area contributed by atoms with Crippen LogP contribution in [0.3, 0.4) is 0 Å². The smallest absolute Gasteiger partial charge is 0.255 e. The highest BCUT2D eigenvalue weighted by atomic mass is 32.2. The molecule has 27 heavy (non-hydrogen) atoms. The quantitative estimate of drug-likeness (QED) is 0.543. The van der Waals surface area contributed by atoms with Gasteiger partial charge in [-0.15, -0.1) is 0 Å². The molecular formula is C19H14FN5OS. The van der Waals surface area contributed by atoms with E-state index in [9.17, 15) is 9.18 Å². The van der Waals surface area contributed by atoms with E-state index in [1.165, 1.54) is 42.4 Å². The molecule has 1 N–H and O–H groups in total. The molecule has 134 valence electrons. The van der Waals surface area contributed by atoms with E-state index in [2.05, 4.69) is 20.4 Å². The second-order valence-electron chi connectivity index (χ2n) is 5.77. The Morgan fingerprint density at radius 3 is 2.74 bits per heavy atom. The van der Waals surface area contributed by atoms with Crippen molar-refractivity contribution in [1.82, 2.24) is 19.6 Å². The van der Waals surface area contributed by atoms with Crippen molar-refractivity contribution in [3.8, 4) is 0 Å². The Balaban J connectivity index is 1.64. The fraction of sp³-hybridized carbons (Fsp3) is 0.0526. The first-order chi connectivity index (χ1) is 13.1. The molecule has 0 saturated carbocycles. The first-order valence-electron chi connectivity index (χ1n) is 8.11. The number of hydrogen-bond acceptors (Lipinski definition) is 5. The average Bonchev–Trinajstić information content (AvgIpc) is 3.12. The number of carbonyl (C=O) groups excluding carboxylic acids is 1. The van der Waals surface area contributed by atoms with Gasteiger partial charge in [0.2, 0.25) is 0 Å². The zero-order valence-electron chi connectivity index (χ0n) is 14.3. The van der Waals surface area contributed by atoms with Crippen LogP contribution in [0, 0.1) is 12.7 Å². The van der Waals surface area contributed by atoms with Gasteiger partial charge in [-0.05, 0) is 49.4 Å². The van der Waals surface area contributed by atoms with Crippen LogP contribution in [0.5, 0.6) is 0 Å². The van der Waals surface area contributed by atoms with Crippen LogP contribution in [0.4, 0.5) is 10.1 Å². The van der Waals surface area contributed by atoms with E-state index in [1.54, 1.807) is 4.52 Å². The van der Waals surface area contributed by atoms with Gasteiger partial charge in [0.1, 0.15) is 17.2 Å². The molecule has 0 aliphatic rings. The maximum Gasteiger partial charge on any atom is 0.255 e. The summed E-state index contributed by atoms with van der Waals surface area (Å²) in [6.07, 6.45) is 1.45. The summed E-state index contributed by atoms with van der Waals surface area (Å²) in [7, 11) is 0. The van der Waals surface area contributed by atoms with Gasteiger partial charge in [0, 0.05) is 16.2 Å². The summed E-state index contributed by atoms with van der Waals surface area (Å²) in [6.45, 7) is 1.89. The van der Waals surface area contributed by atoms with E-state index in [1.807, 2.05) is 37.3 Å². The van der Waals surface area contributed by atoms with E-state index in [0.29, 0.717) is 17.0 Å². The lowest BCUT2D eigenvalue weighted by atomic mass is 10.2. The minimum Gasteiger partial charge on any atom is -0.321 e. The van der Waals surface area contributed by atoms with Crippen molar-refractivity contribution >= 4 is 29.1 Å². The molecule has 2 aromatic carbocycles. The summed E-state index contributed by atoms with van der Waals surface area (Å²) < 4.78 is 14.7. The van der Waals surface area contributed by atoms with Gasteiger partial charge in [-0.3, -0.25) is 4.79 Å². The number of rotatable bonds is 4. The van der Waals surface area contributed by atoms with E-state index in [4.69, 9.17) is 0 Å². The van der Waals surface area contributed by atoms with Crippen molar-refractivity contribution in [2.45, 2.75) is 16.8 Å². The summed E-state index contributed by atoms with van der Waals surface area (Å²) in [4.78, 5) is 21.8. The molecule has 0 unspecified atom stereocenters. The van der Waals surface area contributed by atoms with Crippen molar-refractivity contribution in [2.24, 2.45) is 0 Å². The van der Waals surface area contributed by atoms with E-state index in [0.717, 1.165) is 15.6 Å². The highest BCUT2D eigenvalue weighted by Gasteiger charge is 2.13. The van der Waals surface area contributed by atoms with Gasteiger partial charge >= 0.3 is 0 Å². The van der Waals surface area contributed by atoms with Gasteiger partial charge in [-0.2, -0.15) is 14.6 Å². The summed E-state index contributed by atoms with van der Waals surface area (Å²) >= 11 is 1.45. The number of anilines is 1. The van der Waals surface area contributed by atoms with E-state index < -0.39 is 0 Å². The highest BCUT2D eigenvalue weighted by molar-refractivity contribution is 7.99. The molecule has 0 radical (unpaired) electrons. The van der Waals surface area contributed by atoms with E-state index in [-0.39, 0.29) is 11.7 Å². The Labute approximate surface area is 158 Å². The average molecular weight is 379 g/mol. The van der Waals surface area contributed by atoms with Gasteiger partial charge in [-0.1, -0.05) is 23.9 Å². The lowest BCUT2D eigenvalue weighted by Crippen LogP contribution is -2.12. The number of benzene rings is 2. The van der Waals surface area contributed by atoms with Crippen LogP contribution in [-0.4, -0.2) is 25.5 Å². The highest BCUT2D eigenvalue weighted by Crippen LogP contribution is 2.33. The van der Waals surface area contributed by atoms with Crippen LogP contribution in [-0.2, 0) is 0 Å². The van der Waals surface area contributed by atoms with Gasteiger partial charge in [0.25, 0.3) is 11.7 Å². The van der Waals surface area contributed by atoms with Crippen LogP contribution in [0.1, 0.15) is 16.1 Å². The largest absolute Gasteiger partial charge is 0.321 e. The van der Waals surface area contributed by atoms with Crippen LogP contribution in [0.25, 0.3) is 5.78 Å². The first-order valence-corrected chi connectivity index (χ1v) is 8.93. The van der Waals surface area contributed by atoms with Gasteiger partial charge < -0.3 is 5.32 Å². The number of hydrogen-bond donors (Lipinski definition) is 1. The number of amides is 1. The number of fused-ring (bicyclic) bond motifs is 1. The number of nitrogens with zero attached hydrogens (tertiary/aromatic N) is 4. The Hall–Kier alpha value is -3.26. The Kier molecular flexibility index (Phi) is 4.55. The number of aromatic nitrogens is 4. The van der Waals surface area contributed by atoms with E-state index >= 15 is 0 Å². The molecule has 0 spiro atoms. The molecule has 0 atom stereocenters. The molecule has 0 bridgehead atoms. The predicted molar refractivity (Wildman–Crippen MR) is 100 cm³/mol. The zero-order valence-corrected chi connectivity index (χ0v) is 15.1. The van der Waals surface area contributed by atoms with Gasteiger partial charge in [-0.25, -0.2) is 9.37 Å². The number of para-hydroxylation sites is 1. The maximum atomic E-state index is 13.1. The zero-order chi connectivity index (χ0) is 18.8. The van der Waals surface area contributed by atoms with Crippen molar-refractivity contribution in [2.75, 3.05) is 5.32 Å². The molecule has 8 heteroatoms. The molecular weight excluding hydrogens is 365 g/mol. The van der Waals surface area contributed by atoms with Gasteiger partial charge in [0.05, 0.1) is 5.69 Å². The first kappa shape index (κ1) is 17.2. The van der Waals surface area contributed by atoms with Gasteiger partial charge in [0.15, 0.2) is 0 Å². The van der Waals surface area contributed by atoms with Crippen LogP contribution < -0.4 is 5.32 Å². The topological polar surface area (TPSA) is 72.2 Å². The molecule has 1 amide bonds. The monoisotopic (exact) mass is 379 g/mol. The van der Waals surface area contributed by atoms with Crippen LogP contribution in [0.2, 0.25) is 0 Å². The minimum absolute atomic E-state index is 0.306. The molecule has 2 heterocycles. The Morgan fingerprint density at radius 2 is 1.93 bits per heavy atom. The third-order valence-electron chi connectivity index (χ3n) is 3.80. The molecule has 0 fully saturated rings. The molecule has 2 aromatic heterocycles. The lowest BCUT2D eigenvalue weighted by molar-refractivity contribution is 0.102. The maximum absolute atomic E-state index is 13.1. The number of aryl methyl sites for hydroxylation is 1. The summed E-state index contributed by atoms with van der Waals surface area (Å²) in [6, 6.07) is 14.8. The number of halogens is 1. The Bertz CT molecular complexity index is 1130. The molecule has 4 rings (SSSR count). The van der Waals surface area contributed by atoms with Crippen LogP contribution >= 0.6 is 11.8 Å². The van der Waals surface area contributed by atoms with Crippen molar-refractivity contribution in [3.63, 3.8) is 0 Å². The summed E-state index contributed by atoms with van der Waals surface area (Å²) in [5.74, 6) is -0.169. The summed E-state index contributed by atoms with van der Waals surface area (Å²) in [5.41, 5.74) is 1.86. The van der Waals surface area contributed by atoms with Crippen molar-refractivity contribution in [1.29, 1.82) is 0 Å². The van der Waals surface area contributed by atoms with Crippen LogP contribution in [0.15, 0.2) is 70.8 Å². The third-order valence-corrected chi connectivity index (χ3v) is 4.88. The third kappa shape index (κ3) is 3.65. The molecule has 0 aliphatic carbocycles. The number of carbonyl (C=O) groups is 1. The van der Waals surface area contributed by atoms with Crippen molar-refractivity contribution < 1.29 is 9.18 Å². The minimum atomic E-state index is -0.382.